The molecule has 3 rings (SSSR count). The number of carbonyl (C=O) groups is 2. The summed E-state index contributed by atoms with van der Waals surface area (Å²) in [6.07, 6.45) is -1.12. The Hall–Kier alpha value is -3.30. The molecule has 0 aliphatic carbocycles. The van der Waals surface area contributed by atoms with Crippen LogP contribution < -0.4 is 4.74 Å². The molecule has 0 unspecified atom stereocenters. The van der Waals surface area contributed by atoms with Crippen molar-refractivity contribution in [3.8, 4) is 5.75 Å². The van der Waals surface area contributed by atoms with Gasteiger partial charge in [0.2, 0.25) is 0 Å². The summed E-state index contributed by atoms with van der Waals surface area (Å²) < 4.78 is 5.29. The van der Waals surface area contributed by atoms with E-state index in [1.165, 1.54) is 36.4 Å². The van der Waals surface area contributed by atoms with Gasteiger partial charge in [0.1, 0.15) is 25.1 Å². The number of nitro benzene ring substituents is 1. The first-order valence-electron chi connectivity index (χ1n) is 7.63. The van der Waals surface area contributed by atoms with Crippen LogP contribution in [0.5, 0.6) is 5.75 Å². The van der Waals surface area contributed by atoms with Crippen molar-refractivity contribution in [1.29, 1.82) is 0 Å². The summed E-state index contributed by atoms with van der Waals surface area (Å²) in [7, 11) is 0. The molecule has 1 heterocycles. The lowest BCUT2D eigenvalue weighted by Gasteiger charge is -2.17. The highest BCUT2D eigenvalue weighted by Gasteiger charge is 2.36. The second-order valence-electron chi connectivity index (χ2n) is 5.46. The molecule has 9 nitrogen and oxygen atoms in total. The monoisotopic (exact) mass is 358 g/mol. The van der Waals surface area contributed by atoms with E-state index in [-0.39, 0.29) is 30.0 Å². The van der Waals surface area contributed by atoms with Gasteiger partial charge in [0, 0.05) is 12.1 Å². The first-order valence-corrected chi connectivity index (χ1v) is 7.63. The van der Waals surface area contributed by atoms with Gasteiger partial charge in [0.25, 0.3) is 17.5 Å². The number of aliphatic hydroxyl groups excluding tert-OH is 1. The lowest BCUT2D eigenvalue weighted by atomic mass is 10.1. The van der Waals surface area contributed by atoms with Crippen LogP contribution in [0.2, 0.25) is 0 Å². The lowest BCUT2D eigenvalue weighted by Crippen LogP contribution is -2.35. The van der Waals surface area contributed by atoms with Crippen LogP contribution in [0.3, 0.4) is 0 Å². The molecule has 1 aliphatic heterocycles. The Balaban J connectivity index is 1.50. The van der Waals surface area contributed by atoms with Crippen LogP contribution in [0.4, 0.5) is 5.69 Å². The van der Waals surface area contributed by atoms with E-state index in [1.54, 1.807) is 12.1 Å². The van der Waals surface area contributed by atoms with Gasteiger partial charge in [-0.2, -0.15) is 0 Å². The Labute approximate surface area is 147 Å². The maximum Gasteiger partial charge on any atom is 0.285 e. The zero-order chi connectivity index (χ0) is 18.7. The number of nitrogens with zero attached hydrogens (tertiary/aromatic N) is 2. The predicted octanol–water partition coefficient (Wildman–Crippen LogP) is 1.56. The van der Waals surface area contributed by atoms with Gasteiger partial charge in [-0.3, -0.25) is 24.5 Å². The standard InChI is InChI=1S/C17H14N2O7/c20-12(9-25-13-7-5-11(6-8-13)19(23)24)10-26-18-16(21)14-3-1-2-4-15(14)17(18)22/h1-8,12,20H,9-10H2/t12-/m0/s1. The average molecular weight is 358 g/mol. The minimum Gasteiger partial charge on any atom is -0.491 e. The summed E-state index contributed by atoms with van der Waals surface area (Å²) in [6, 6.07) is 11.7. The van der Waals surface area contributed by atoms with Gasteiger partial charge in [-0.1, -0.05) is 12.1 Å². The van der Waals surface area contributed by atoms with Gasteiger partial charge in [0.15, 0.2) is 0 Å². The molecule has 9 heteroatoms. The largest absolute Gasteiger partial charge is 0.491 e. The molecule has 0 fully saturated rings. The number of ether oxygens (including phenoxy) is 1. The number of hydrogen-bond acceptors (Lipinski definition) is 7. The van der Waals surface area contributed by atoms with E-state index in [2.05, 4.69) is 0 Å². The highest BCUT2D eigenvalue weighted by molar-refractivity contribution is 6.20. The molecule has 2 aromatic rings. The van der Waals surface area contributed by atoms with Crippen LogP contribution in [0.1, 0.15) is 20.7 Å². The number of imide groups is 1. The minimum atomic E-state index is -1.12. The van der Waals surface area contributed by atoms with Crippen molar-refractivity contribution in [2.75, 3.05) is 13.2 Å². The van der Waals surface area contributed by atoms with Gasteiger partial charge in [0.05, 0.1) is 16.1 Å². The molecule has 134 valence electrons. The van der Waals surface area contributed by atoms with Crippen LogP contribution in [0, 0.1) is 10.1 Å². The maximum atomic E-state index is 12.1. The van der Waals surface area contributed by atoms with E-state index in [0.29, 0.717) is 10.8 Å². The Kier molecular flexibility index (Phi) is 4.92. The third-order valence-corrected chi connectivity index (χ3v) is 3.64. The summed E-state index contributed by atoms with van der Waals surface area (Å²) in [4.78, 5) is 39.4. The fourth-order valence-electron chi connectivity index (χ4n) is 2.35. The predicted molar refractivity (Wildman–Crippen MR) is 87.5 cm³/mol. The quantitative estimate of drug-likeness (QED) is 0.453. The zero-order valence-corrected chi connectivity index (χ0v) is 13.4. The average Bonchev–Trinajstić information content (AvgIpc) is 2.89. The third kappa shape index (κ3) is 3.53. The van der Waals surface area contributed by atoms with Crippen LogP contribution in [-0.2, 0) is 4.84 Å². The molecule has 1 atom stereocenters. The zero-order valence-electron chi connectivity index (χ0n) is 13.4. The molecular weight excluding hydrogens is 344 g/mol. The van der Waals surface area contributed by atoms with Gasteiger partial charge >= 0.3 is 0 Å². The smallest absolute Gasteiger partial charge is 0.285 e. The number of carbonyl (C=O) groups excluding carboxylic acids is 2. The van der Waals surface area contributed by atoms with E-state index in [4.69, 9.17) is 9.57 Å². The number of benzene rings is 2. The van der Waals surface area contributed by atoms with Crippen molar-refractivity contribution < 1.29 is 29.2 Å². The van der Waals surface area contributed by atoms with E-state index in [1.807, 2.05) is 0 Å². The van der Waals surface area contributed by atoms with Crippen molar-refractivity contribution in [2.24, 2.45) is 0 Å². The highest BCUT2D eigenvalue weighted by Crippen LogP contribution is 2.22. The van der Waals surface area contributed by atoms with Crippen molar-refractivity contribution >= 4 is 17.5 Å². The number of hydroxylamine groups is 2. The van der Waals surface area contributed by atoms with Crippen molar-refractivity contribution in [2.45, 2.75) is 6.10 Å². The van der Waals surface area contributed by atoms with Gasteiger partial charge in [-0.25, -0.2) is 0 Å². The van der Waals surface area contributed by atoms with Crippen molar-refractivity contribution in [1.82, 2.24) is 5.06 Å². The topological polar surface area (TPSA) is 119 Å². The Morgan fingerprint density at radius 1 is 1.00 bits per heavy atom. The lowest BCUT2D eigenvalue weighted by molar-refractivity contribution is -0.384. The van der Waals surface area contributed by atoms with Crippen LogP contribution >= 0.6 is 0 Å². The Bertz CT molecular complexity index is 815. The van der Waals surface area contributed by atoms with Crippen LogP contribution in [-0.4, -0.2) is 46.2 Å². The normalized spacial score (nSPS) is 14.3. The molecule has 0 aromatic heterocycles. The van der Waals surface area contributed by atoms with Crippen LogP contribution in [0.15, 0.2) is 48.5 Å². The molecular formula is C17H14N2O7. The summed E-state index contributed by atoms with van der Waals surface area (Å²) in [5.74, 6) is -0.849. The number of rotatable bonds is 7. The van der Waals surface area contributed by atoms with Gasteiger partial charge in [-0.15, -0.1) is 5.06 Å². The van der Waals surface area contributed by atoms with E-state index < -0.39 is 22.8 Å². The number of non-ortho nitro benzene ring substituents is 1. The summed E-state index contributed by atoms with van der Waals surface area (Å²) in [5, 5.41) is 21.1. The Morgan fingerprint density at radius 3 is 2.12 bits per heavy atom. The fourth-order valence-corrected chi connectivity index (χ4v) is 2.35. The molecule has 0 bridgehead atoms. The number of nitro groups is 1. The maximum absolute atomic E-state index is 12.1. The van der Waals surface area contributed by atoms with Gasteiger partial charge in [-0.05, 0) is 24.3 Å². The Morgan fingerprint density at radius 2 is 1.58 bits per heavy atom. The molecule has 2 aromatic carbocycles. The van der Waals surface area contributed by atoms with Crippen LogP contribution in [0.25, 0.3) is 0 Å². The highest BCUT2D eigenvalue weighted by atomic mass is 16.7. The fraction of sp³-hybridized carbons (Fsp3) is 0.176. The molecule has 1 N–H and O–H groups in total. The van der Waals surface area contributed by atoms with Crippen molar-refractivity contribution in [3.63, 3.8) is 0 Å². The first kappa shape index (κ1) is 17.5. The molecule has 26 heavy (non-hydrogen) atoms. The molecule has 0 spiro atoms. The van der Waals surface area contributed by atoms with Crippen molar-refractivity contribution in [3.05, 3.63) is 69.8 Å². The minimum absolute atomic E-state index is 0.0770. The second-order valence-corrected chi connectivity index (χ2v) is 5.46. The molecule has 1 aliphatic rings. The van der Waals surface area contributed by atoms with E-state index in [0.717, 1.165) is 0 Å². The number of fused-ring (bicyclic) bond motifs is 1. The first-order chi connectivity index (χ1) is 12.5. The number of amides is 2. The molecule has 0 saturated carbocycles. The third-order valence-electron chi connectivity index (χ3n) is 3.64. The number of hydrogen-bond donors (Lipinski definition) is 1. The molecule has 0 radical (unpaired) electrons. The molecule has 2 amide bonds. The van der Waals surface area contributed by atoms with E-state index >= 15 is 0 Å². The SMILES string of the molecule is O=C1c2ccccc2C(=O)N1OC[C@@H](O)COc1ccc([N+](=O)[O-])cc1. The number of aliphatic hydroxyl groups is 1. The summed E-state index contributed by atoms with van der Waals surface area (Å²) >= 11 is 0. The van der Waals surface area contributed by atoms with E-state index in [9.17, 15) is 24.8 Å². The summed E-state index contributed by atoms with van der Waals surface area (Å²) in [5.41, 5.74) is 0.412. The van der Waals surface area contributed by atoms with Gasteiger partial charge < -0.3 is 9.84 Å². The summed E-state index contributed by atoms with van der Waals surface area (Å²) in [6.45, 7) is -0.514. The molecule has 0 saturated heterocycles. The second kappa shape index (κ2) is 7.30.